The van der Waals surface area contributed by atoms with Gasteiger partial charge in [0.2, 0.25) is 0 Å². The first-order valence-corrected chi connectivity index (χ1v) is 9.73. The largest absolute Gasteiger partial charge is 0.493 e. The molecule has 5 rings (SSSR count). The van der Waals surface area contributed by atoms with Crippen molar-refractivity contribution in [1.82, 2.24) is 19.8 Å². The minimum atomic E-state index is -0.0772. The van der Waals surface area contributed by atoms with Crippen molar-refractivity contribution in [2.24, 2.45) is 0 Å². The molecule has 7 nitrogen and oxygen atoms in total. The van der Waals surface area contributed by atoms with Gasteiger partial charge in [-0.1, -0.05) is 24.3 Å². The molecule has 1 aliphatic heterocycles. The highest BCUT2D eigenvalue weighted by Gasteiger charge is 2.25. The van der Waals surface area contributed by atoms with Crippen LogP contribution in [0.25, 0.3) is 22.0 Å². The van der Waals surface area contributed by atoms with Crippen molar-refractivity contribution in [3.05, 3.63) is 60.1 Å². The van der Waals surface area contributed by atoms with Crippen molar-refractivity contribution in [3.8, 4) is 5.75 Å². The Balaban J connectivity index is 1.25. The van der Waals surface area contributed by atoms with Gasteiger partial charge in [0.25, 0.3) is 5.91 Å². The number of fused-ring (bicyclic) bond motifs is 2. The fraction of sp³-hybridized carbons (Fsp3) is 0.273. The standard InChI is InChI=1S/C22H22N4O3/c1-28-18-8-4-5-15-13-19(29-21(15)18)22(27)26-11-9-25(10-12-26)14-20-23-16-6-2-3-7-17(16)24-20/h2-8,13H,9-12,14H2,1H3,(H,23,24). The third kappa shape index (κ3) is 3.34. The SMILES string of the molecule is COc1cccc2cc(C(=O)N3CCN(Cc4nc5ccccc5[nH]4)CC3)oc12. The number of nitrogens with one attached hydrogen (secondary N) is 1. The van der Waals surface area contributed by atoms with E-state index in [1.54, 1.807) is 13.2 Å². The zero-order valence-corrected chi connectivity index (χ0v) is 16.2. The average Bonchev–Trinajstić information content (AvgIpc) is 3.37. The van der Waals surface area contributed by atoms with E-state index in [4.69, 9.17) is 9.15 Å². The van der Waals surface area contributed by atoms with Gasteiger partial charge in [-0.05, 0) is 24.3 Å². The molecule has 1 N–H and O–H groups in total. The number of benzene rings is 2. The molecule has 0 unspecified atom stereocenters. The third-order valence-corrected chi connectivity index (χ3v) is 5.41. The van der Waals surface area contributed by atoms with Crippen LogP contribution in [0.4, 0.5) is 0 Å². The Labute approximate surface area is 167 Å². The number of amides is 1. The number of carbonyl (C=O) groups is 1. The number of methoxy groups -OCH3 is 1. The molecule has 0 atom stereocenters. The Bertz CT molecular complexity index is 1140. The lowest BCUT2D eigenvalue weighted by molar-refractivity contribution is 0.0597. The Morgan fingerprint density at radius 3 is 2.76 bits per heavy atom. The molecule has 7 heteroatoms. The van der Waals surface area contributed by atoms with E-state index in [9.17, 15) is 4.79 Å². The fourth-order valence-corrected chi connectivity index (χ4v) is 3.86. The van der Waals surface area contributed by atoms with Crippen molar-refractivity contribution in [1.29, 1.82) is 0 Å². The van der Waals surface area contributed by atoms with Crippen LogP contribution in [0.15, 0.2) is 52.9 Å². The van der Waals surface area contributed by atoms with Crippen LogP contribution in [0.1, 0.15) is 16.4 Å². The second-order valence-electron chi connectivity index (χ2n) is 7.26. The van der Waals surface area contributed by atoms with E-state index < -0.39 is 0 Å². The molecule has 3 heterocycles. The van der Waals surface area contributed by atoms with Gasteiger partial charge in [0.15, 0.2) is 17.1 Å². The highest BCUT2D eigenvalue weighted by molar-refractivity contribution is 5.97. The number of rotatable bonds is 4. The third-order valence-electron chi connectivity index (χ3n) is 5.41. The van der Waals surface area contributed by atoms with Crippen molar-refractivity contribution < 1.29 is 13.9 Å². The average molecular weight is 390 g/mol. The molecule has 0 saturated carbocycles. The van der Waals surface area contributed by atoms with E-state index in [2.05, 4.69) is 14.9 Å². The van der Waals surface area contributed by atoms with Gasteiger partial charge in [0, 0.05) is 31.6 Å². The summed E-state index contributed by atoms with van der Waals surface area (Å²) in [7, 11) is 1.60. The summed E-state index contributed by atoms with van der Waals surface area (Å²) in [5.41, 5.74) is 2.65. The minimum absolute atomic E-state index is 0.0772. The van der Waals surface area contributed by atoms with E-state index in [1.165, 1.54) is 0 Å². The molecule has 29 heavy (non-hydrogen) atoms. The zero-order valence-electron chi connectivity index (χ0n) is 16.2. The van der Waals surface area contributed by atoms with Crippen LogP contribution in [0.2, 0.25) is 0 Å². The van der Waals surface area contributed by atoms with Crippen LogP contribution in [-0.2, 0) is 6.54 Å². The maximum Gasteiger partial charge on any atom is 0.289 e. The van der Waals surface area contributed by atoms with E-state index in [-0.39, 0.29) is 5.91 Å². The monoisotopic (exact) mass is 390 g/mol. The normalized spacial score (nSPS) is 15.3. The van der Waals surface area contributed by atoms with Crippen LogP contribution >= 0.6 is 0 Å². The molecular formula is C22H22N4O3. The number of aromatic nitrogens is 2. The van der Waals surface area contributed by atoms with Crippen molar-refractivity contribution in [3.63, 3.8) is 0 Å². The molecule has 1 fully saturated rings. The fourth-order valence-electron chi connectivity index (χ4n) is 3.86. The summed E-state index contributed by atoms with van der Waals surface area (Å²) in [6.07, 6.45) is 0. The number of carbonyl (C=O) groups excluding carboxylic acids is 1. The Hall–Kier alpha value is -3.32. The predicted octanol–water partition coefficient (Wildman–Crippen LogP) is 3.28. The summed E-state index contributed by atoms with van der Waals surface area (Å²) in [5, 5.41) is 0.872. The topological polar surface area (TPSA) is 74.6 Å². The smallest absolute Gasteiger partial charge is 0.289 e. The number of imidazole rings is 1. The van der Waals surface area contributed by atoms with Gasteiger partial charge in [-0.15, -0.1) is 0 Å². The van der Waals surface area contributed by atoms with Gasteiger partial charge in [-0.25, -0.2) is 4.98 Å². The van der Waals surface area contributed by atoms with Gasteiger partial charge >= 0.3 is 0 Å². The maximum atomic E-state index is 12.9. The van der Waals surface area contributed by atoms with Gasteiger partial charge in [0.1, 0.15) is 5.82 Å². The molecular weight excluding hydrogens is 368 g/mol. The molecule has 4 aromatic rings. The maximum absolute atomic E-state index is 12.9. The highest BCUT2D eigenvalue weighted by Crippen LogP contribution is 2.29. The number of hydrogen-bond acceptors (Lipinski definition) is 5. The van der Waals surface area contributed by atoms with Gasteiger partial charge in [-0.2, -0.15) is 0 Å². The molecule has 1 amide bonds. The Kier molecular flexibility index (Phi) is 4.44. The molecule has 148 valence electrons. The first-order valence-electron chi connectivity index (χ1n) is 9.73. The lowest BCUT2D eigenvalue weighted by Crippen LogP contribution is -2.48. The minimum Gasteiger partial charge on any atom is -0.493 e. The van der Waals surface area contributed by atoms with Gasteiger partial charge < -0.3 is 19.0 Å². The molecule has 1 saturated heterocycles. The summed E-state index contributed by atoms with van der Waals surface area (Å²) in [6, 6.07) is 15.5. The van der Waals surface area contributed by atoms with E-state index in [1.807, 2.05) is 47.4 Å². The van der Waals surface area contributed by atoms with Crippen molar-refractivity contribution in [2.45, 2.75) is 6.54 Å². The van der Waals surface area contributed by atoms with Gasteiger partial charge in [0.05, 0.1) is 24.7 Å². The second kappa shape index (κ2) is 7.25. The van der Waals surface area contributed by atoms with Crippen LogP contribution in [0.3, 0.4) is 0 Å². The zero-order chi connectivity index (χ0) is 19.8. The number of para-hydroxylation sites is 3. The number of ether oxygens (including phenoxy) is 1. The van der Waals surface area contributed by atoms with Crippen LogP contribution < -0.4 is 4.74 Å². The number of hydrogen-bond donors (Lipinski definition) is 1. The molecule has 2 aromatic carbocycles. The summed E-state index contributed by atoms with van der Waals surface area (Å²) in [5.74, 6) is 1.87. The van der Waals surface area contributed by atoms with Crippen LogP contribution in [0, 0.1) is 0 Å². The molecule has 0 radical (unpaired) electrons. The first kappa shape index (κ1) is 17.8. The first-order chi connectivity index (χ1) is 14.2. The lowest BCUT2D eigenvalue weighted by Gasteiger charge is -2.33. The van der Waals surface area contributed by atoms with Gasteiger partial charge in [-0.3, -0.25) is 9.69 Å². The second-order valence-corrected chi connectivity index (χ2v) is 7.26. The quantitative estimate of drug-likeness (QED) is 0.579. The number of furan rings is 1. The molecule has 0 spiro atoms. The molecule has 1 aliphatic rings. The number of nitrogens with zero attached hydrogens (tertiary/aromatic N) is 3. The van der Waals surface area contributed by atoms with E-state index >= 15 is 0 Å². The van der Waals surface area contributed by atoms with Crippen molar-refractivity contribution >= 4 is 27.9 Å². The van der Waals surface area contributed by atoms with E-state index in [0.717, 1.165) is 41.9 Å². The van der Waals surface area contributed by atoms with E-state index in [0.29, 0.717) is 30.2 Å². The Morgan fingerprint density at radius 1 is 1.14 bits per heavy atom. The number of aromatic amines is 1. The van der Waals surface area contributed by atoms with Crippen molar-refractivity contribution in [2.75, 3.05) is 33.3 Å². The predicted molar refractivity (Wildman–Crippen MR) is 110 cm³/mol. The molecule has 2 aromatic heterocycles. The lowest BCUT2D eigenvalue weighted by atomic mass is 10.2. The summed E-state index contributed by atoms with van der Waals surface area (Å²) >= 11 is 0. The van der Waals surface area contributed by atoms with Crippen LogP contribution in [-0.4, -0.2) is 59.0 Å². The highest BCUT2D eigenvalue weighted by atomic mass is 16.5. The Morgan fingerprint density at radius 2 is 1.97 bits per heavy atom. The summed E-state index contributed by atoms with van der Waals surface area (Å²) < 4.78 is 11.1. The summed E-state index contributed by atoms with van der Waals surface area (Å²) in [4.78, 5) is 25.1. The molecule has 0 bridgehead atoms. The summed E-state index contributed by atoms with van der Waals surface area (Å²) in [6.45, 7) is 3.66. The number of piperazine rings is 1. The number of H-pyrrole nitrogens is 1. The molecule has 0 aliphatic carbocycles. The van der Waals surface area contributed by atoms with Crippen LogP contribution in [0.5, 0.6) is 5.75 Å².